The fraction of sp³-hybridized carbons (Fsp3) is 0.160. The number of nitrogens with one attached hydrogen (secondary N) is 2. The Labute approximate surface area is 191 Å². The van der Waals surface area contributed by atoms with Gasteiger partial charge in [0.15, 0.2) is 0 Å². The Morgan fingerprint density at radius 1 is 0.906 bits per heavy atom. The molecule has 1 heterocycles. The molecule has 4 rings (SSSR count). The molecule has 1 aliphatic rings. The first-order chi connectivity index (χ1) is 15.6. The van der Waals surface area contributed by atoms with Crippen molar-refractivity contribution in [1.82, 2.24) is 10.2 Å². The van der Waals surface area contributed by atoms with Crippen molar-refractivity contribution in [3.8, 4) is 0 Å². The van der Waals surface area contributed by atoms with E-state index < -0.39 is 18.0 Å². The Balaban J connectivity index is 1.36. The largest absolute Gasteiger partial charge is 0.326 e. The Morgan fingerprint density at radius 2 is 1.56 bits per heavy atom. The third-order valence-electron chi connectivity index (χ3n) is 5.11. The smallest absolute Gasteiger partial charge is 0.325 e. The molecule has 32 heavy (non-hydrogen) atoms. The summed E-state index contributed by atoms with van der Waals surface area (Å²) >= 11 is 1.53. The van der Waals surface area contributed by atoms with Crippen molar-refractivity contribution in [2.45, 2.75) is 28.7 Å². The highest BCUT2D eigenvalue weighted by atomic mass is 32.2. The van der Waals surface area contributed by atoms with Crippen LogP contribution in [0.25, 0.3) is 0 Å². The van der Waals surface area contributed by atoms with E-state index in [4.69, 9.17) is 0 Å². The van der Waals surface area contributed by atoms with Crippen LogP contribution in [0.3, 0.4) is 0 Å². The number of hydrogen-bond donors (Lipinski definition) is 2. The molecule has 0 spiro atoms. The van der Waals surface area contributed by atoms with Gasteiger partial charge in [0.25, 0.3) is 5.91 Å². The Hall–Kier alpha value is -3.58. The monoisotopic (exact) mass is 445 g/mol. The zero-order valence-corrected chi connectivity index (χ0v) is 18.2. The lowest BCUT2D eigenvalue weighted by molar-refractivity contribution is -0.130. The lowest BCUT2D eigenvalue weighted by atomic mass is 10.1. The van der Waals surface area contributed by atoms with E-state index in [1.807, 2.05) is 78.9 Å². The quantitative estimate of drug-likeness (QED) is 0.506. The summed E-state index contributed by atoms with van der Waals surface area (Å²) in [4.78, 5) is 40.6. The van der Waals surface area contributed by atoms with Crippen molar-refractivity contribution in [2.24, 2.45) is 0 Å². The lowest BCUT2D eigenvalue weighted by Crippen LogP contribution is -2.38. The van der Waals surface area contributed by atoms with Gasteiger partial charge in [0.2, 0.25) is 5.91 Å². The summed E-state index contributed by atoms with van der Waals surface area (Å²) in [5, 5.41) is 5.53. The van der Waals surface area contributed by atoms with Gasteiger partial charge >= 0.3 is 6.03 Å². The second-order valence-electron chi connectivity index (χ2n) is 7.41. The van der Waals surface area contributed by atoms with E-state index in [0.717, 1.165) is 20.3 Å². The minimum atomic E-state index is -0.614. The molecule has 0 unspecified atom stereocenters. The van der Waals surface area contributed by atoms with E-state index in [1.165, 1.54) is 11.8 Å². The zero-order valence-electron chi connectivity index (χ0n) is 17.4. The first-order valence-corrected chi connectivity index (χ1v) is 11.2. The van der Waals surface area contributed by atoms with Crippen LogP contribution < -0.4 is 10.6 Å². The highest BCUT2D eigenvalue weighted by molar-refractivity contribution is 7.99. The predicted octanol–water partition coefficient (Wildman–Crippen LogP) is 4.33. The number of imide groups is 1. The van der Waals surface area contributed by atoms with Gasteiger partial charge in [-0.1, -0.05) is 72.4 Å². The summed E-state index contributed by atoms with van der Waals surface area (Å²) < 4.78 is 0. The van der Waals surface area contributed by atoms with E-state index in [1.54, 1.807) is 6.07 Å². The van der Waals surface area contributed by atoms with Crippen LogP contribution >= 0.6 is 11.8 Å². The fourth-order valence-electron chi connectivity index (χ4n) is 3.49. The summed E-state index contributed by atoms with van der Waals surface area (Å²) in [6.45, 7) is -0.323. The third kappa shape index (κ3) is 5.36. The average molecular weight is 446 g/mol. The minimum absolute atomic E-state index is 0.323. The van der Waals surface area contributed by atoms with Crippen molar-refractivity contribution in [3.05, 3.63) is 90.5 Å². The zero-order chi connectivity index (χ0) is 22.3. The van der Waals surface area contributed by atoms with E-state index >= 15 is 0 Å². The Bertz CT molecular complexity index is 1110. The summed E-state index contributed by atoms with van der Waals surface area (Å²) in [7, 11) is 0. The first-order valence-electron chi connectivity index (χ1n) is 10.4. The van der Waals surface area contributed by atoms with Crippen molar-refractivity contribution >= 4 is 35.3 Å². The third-order valence-corrected chi connectivity index (χ3v) is 6.19. The SMILES string of the molecule is O=C(CN1C(=O)N[C@H](CCc2ccccc2)C1=O)Nc1ccccc1Sc1ccccc1. The molecule has 3 aromatic carbocycles. The van der Waals surface area contributed by atoms with Crippen LogP contribution in [-0.2, 0) is 16.0 Å². The number of amides is 4. The summed E-state index contributed by atoms with van der Waals surface area (Å²) in [5.74, 6) is -0.786. The number of nitrogens with zero attached hydrogens (tertiary/aromatic N) is 1. The van der Waals surface area contributed by atoms with Crippen LogP contribution in [0.15, 0.2) is 94.7 Å². The van der Waals surface area contributed by atoms with E-state index in [2.05, 4.69) is 10.6 Å². The van der Waals surface area contributed by atoms with Crippen LogP contribution in [0.5, 0.6) is 0 Å². The van der Waals surface area contributed by atoms with Gasteiger partial charge in [-0.2, -0.15) is 0 Å². The number of benzene rings is 3. The van der Waals surface area contributed by atoms with Gasteiger partial charge in [0.1, 0.15) is 12.6 Å². The molecule has 0 aliphatic carbocycles. The van der Waals surface area contributed by atoms with Gasteiger partial charge in [-0.15, -0.1) is 0 Å². The number of anilines is 1. The molecule has 0 aromatic heterocycles. The maximum Gasteiger partial charge on any atom is 0.325 e. The highest BCUT2D eigenvalue weighted by Crippen LogP contribution is 2.33. The van der Waals surface area contributed by atoms with Gasteiger partial charge < -0.3 is 10.6 Å². The Morgan fingerprint density at radius 3 is 2.31 bits per heavy atom. The summed E-state index contributed by atoms with van der Waals surface area (Å²) in [6.07, 6.45) is 1.16. The number of hydrogen-bond acceptors (Lipinski definition) is 4. The molecule has 7 heteroatoms. The summed E-state index contributed by atoms with van der Waals surface area (Å²) in [5.41, 5.74) is 1.73. The van der Waals surface area contributed by atoms with Gasteiger partial charge in [0, 0.05) is 9.79 Å². The number of para-hydroxylation sites is 1. The lowest BCUT2D eigenvalue weighted by Gasteiger charge is -2.15. The van der Waals surface area contributed by atoms with Gasteiger partial charge in [-0.25, -0.2) is 4.79 Å². The molecule has 2 N–H and O–H groups in total. The highest BCUT2D eigenvalue weighted by Gasteiger charge is 2.38. The molecule has 1 atom stereocenters. The molecule has 0 saturated carbocycles. The number of carbonyl (C=O) groups is 3. The topological polar surface area (TPSA) is 78.5 Å². The molecule has 1 fully saturated rings. The van der Waals surface area contributed by atoms with E-state index in [9.17, 15) is 14.4 Å². The molecule has 1 aliphatic heterocycles. The Kier molecular flexibility index (Phi) is 6.87. The average Bonchev–Trinajstić information content (AvgIpc) is 3.08. The molecular formula is C25H23N3O3S. The number of rotatable bonds is 8. The first kappa shape index (κ1) is 21.6. The molecule has 6 nitrogen and oxygen atoms in total. The van der Waals surface area contributed by atoms with Gasteiger partial charge in [-0.3, -0.25) is 14.5 Å². The molecule has 0 radical (unpaired) electrons. The summed E-state index contributed by atoms with van der Waals surface area (Å²) in [6, 6.07) is 25.9. The molecule has 0 bridgehead atoms. The number of urea groups is 1. The van der Waals surface area contributed by atoms with Crippen molar-refractivity contribution in [2.75, 3.05) is 11.9 Å². The maximum absolute atomic E-state index is 12.7. The van der Waals surface area contributed by atoms with E-state index in [0.29, 0.717) is 18.5 Å². The molecule has 4 amide bonds. The van der Waals surface area contributed by atoms with Crippen LogP contribution in [-0.4, -0.2) is 35.3 Å². The standard InChI is InChI=1S/C25H23N3O3S/c29-23(26-20-13-7-8-14-22(20)32-19-11-5-2-6-12-19)17-28-24(30)21(27-25(28)31)16-15-18-9-3-1-4-10-18/h1-14,21H,15-17H2,(H,26,29)(H,27,31)/t21-/m1/s1. The van der Waals surface area contributed by atoms with Gasteiger partial charge in [0.05, 0.1) is 5.69 Å². The predicted molar refractivity (Wildman–Crippen MR) is 124 cm³/mol. The molecule has 3 aromatic rings. The number of carbonyl (C=O) groups excluding carboxylic acids is 3. The fourth-order valence-corrected chi connectivity index (χ4v) is 4.41. The van der Waals surface area contributed by atoms with Crippen LogP contribution in [0.1, 0.15) is 12.0 Å². The number of aryl methyl sites for hydroxylation is 1. The van der Waals surface area contributed by atoms with Crippen molar-refractivity contribution in [3.63, 3.8) is 0 Å². The van der Waals surface area contributed by atoms with Gasteiger partial charge in [-0.05, 0) is 42.7 Å². The van der Waals surface area contributed by atoms with Crippen LogP contribution in [0, 0.1) is 0 Å². The van der Waals surface area contributed by atoms with E-state index in [-0.39, 0.29) is 12.5 Å². The van der Waals surface area contributed by atoms with Crippen LogP contribution in [0.4, 0.5) is 10.5 Å². The second kappa shape index (κ2) is 10.2. The normalized spacial score (nSPS) is 15.5. The van der Waals surface area contributed by atoms with Crippen molar-refractivity contribution < 1.29 is 14.4 Å². The minimum Gasteiger partial charge on any atom is -0.326 e. The maximum atomic E-state index is 12.7. The second-order valence-corrected chi connectivity index (χ2v) is 8.53. The van der Waals surface area contributed by atoms with Crippen LogP contribution in [0.2, 0.25) is 0 Å². The van der Waals surface area contributed by atoms with Crippen molar-refractivity contribution in [1.29, 1.82) is 0 Å². The molecular weight excluding hydrogens is 422 g/mol. The molecule has 1 saturated heterocycles. The molecule has 162 valence electrons.